The van der Waals surface area contributed by atoms with E-state index < -0.39 is 42.2 Å². The van der Waals surface area contributed by atoms with Gasteiger partial charge in [-0.05, 0) is 28.7 Å². The number of rotatable bonds is 4. The lowest BCUT2D eigenvalue weighted by molar-refractivity contribution is -0.275. The molecule has 0 aromatic carbocycles. The molecular weight excluding hydrogens is 392 g/mol. The zero-order valence-electron chi connectivity index (χ0n) is 8.84. The van der Waals surface area contributed by atoms with E-state index in [2.05, 4.69) is 9.72 Å². The summed E-state index contributed by atoms with van der Waals surface area (Å²) in [6.07, 6.45) is -9.04. The molecule has 1 aromatic rings. The van der Waals surface area contributed by atoms with Crippen molar-refractivity contribution in [1.29, 1.82) is 0 Å². The largest absolute Gasteiger partial charge is 0.573 e. The Kier molecular flexibility index (Phi) is 4.87. The number of carbonyl (C=O) groups is 1. The molecule has 0 fully saturated rings. The summed E-state index contributed by atoms with van der Waals surface area (Å²) >= 11 is 1.38. The molecule has 10 heteroatoms. The van der Waals surface area contributed by atoms with Crippen LogP contribution in [0.5, 0.6) is 5.75 Å². The van der Waals surface area contributed by atoms with E-state index in [4.69, 9.17) is 5.11 Å². The topological polar surface area (TPSA) is 59.4 Å². The van der Waals surface area contributed by atoms with E-state index >= 15 is 0 Å². The standard InChI is InChI=1S/C9H5F5INO3/c10-7(11)3-1-5(19-9(12,13)14)4(2-6(17)18)16-8(3)15/h1,7H,2H2,(H,17,18). The third kappa shape index (κ3) is 4.76. The third-order valence-corrected chi connectivity index (χ3v) is 2.69. The van der Waals surface area contributed by atoms with Crippen molar-refractivity contribution in [3.8, 4) is 5.75 Å². The second-order valence-corrected chi connectivity index (χ2v) is 4.25. The van der Waals surface area contributed by atoms with Crippen molar-refractivity contribution in [3.05, 3.63) is 21.0 Å². The van der Waals surface area contributed by atoms with Gasteiger partial charge < -0.3 is 9.84 Å². The number of alkyl halides is 5. The average molecular weight is 397 g/mol. The minimum atomic E-state index is -5.12. The Labute approximate surface area is 116 Å². The van der Waals surface area contributed by atoms with E-state index in [1.807, 2.05) is 0 Å². The number of nitrogens with zero attached hydrogens (tertiary/aromatic N) is 1. The first-order valence-corrected chi connectivity index (χ1v) is 5.63. The molecule has 19 heavy (non-hydrogen) atoms. The highest BCUT2D eigenvalue weighted by Gasteiger charge is 2.33. The van der Waals surface area contributed by atoms with Gasteiger partial charge in [-0.15, -0.1) is 13.2 Å². The van der Waals surface area contributed by atoms with Crippen LogP contribution in [0.2, 0.25) is 0 Å². The van der Waals surface area contributed by atoms with Crippen LogP contribution in [0.3, 0.4) is 0 Å². The second kappa shape index (κ2) is 5.84. The van der Waals surface area contributed by atoms with Crippen molar-refractivity contribution in [2.75, 3.05) is 0 Å². The number of aromatic nitrogens is 1. The number of carboxylic acid groups (broad SMARTS) is 1. The Morgan fingerprint density at radius 2 is 2.05 bits per heavy atom. The fourth-order valence-electron chi connectivity index (χ4n) is 1.16. The predicted octanol–water partition coefficient (Wildman–Crippen LogP) is 3.15. The van der Waals surface area contributed by atoms with Crippen LogP contribution in [0.1, 0.15) is 17.7 Å². The summed E-state index contributed by atoms with van der Waals surface area (Å²) in [5.41, 5.74) is -1.33. The summed E-state index contributed by atoms with van der Waals surface area (Å²) in [6, 6.07) is 0.450. The molecule has 0 amide bonds. The highest BCUT2D eigenvalue weighted by Crippen LogP contribution is 2.32. The van der Waals surface area contributed by atoms with Crippen molar-refractivity contribution in [3.63, 3.8) is 0 Å². The van der Waals surface area contributed by atoms with Gasteiger partial charge in [-0.2, -0.15) is 0 Å². The van der Waals surface area contributed by atoms with Crippen molar-refractivity contribution in [1.82, 2.24) is 4.98 Å². The molecule has 0 bridgehead atoms. The summed E-state index contributed by atoms with van der Waals surface area (Å²) in [5.74, 6) is -2.49. The number of pyridine rings is 1. The lowest BCUT2D eigenvalue weighted by Gasteiger charge is -2.14. The van der Waals surface area contributed by atoms with Gasteiger partial charge in [-0.25, -0.2) is 13.8 Å². The molecule has 0 aliphatic carbocycles. The van der Waals surface area contributed by atoms with Crippen LogP contribution in [-0.4, -0.2) is 22.4 Å². The second-order valence-electron chi connectivity index (χ2n) is 3.23. The molecule has 0 radical (unpaired) electrons. The molecule has 0 aliphatic heterocycles. The number of aliphatic carboxylic acids is 1. The minimum absolute atomic E-state index is 0.279. The SMILES string of the molecule is O=C(O)Cc1nc(I)c(C(F)F)cc1OC(F)(F)F. The molecule has 1 N–H and O–H groups in total. The Morgan fingerprint density at radius 3 is 2.47 bits per heavy atom. The quantitative estimate of drug-likeness (QED) is 0.482. The summed E-state index contributed by atoms with van der Waals surface area (Å²) in [5, 5.41) is 8.53. The number of halogens is 6. The summed E-state index contributed by atoms with van der Waals surface area (Å²) in [4.78, 5) is 13.9. The molecule has 0 saturated heterocycles. The average Bonchev–Trinajstić information content (AvgIpc) is 2.18. The fourth-order valence-corrected chi connectivity index (χ4v) is 1.84. The Hall–Kier alpha value is -1.20. The zero-order valence-corrected chi connectivity index (χ0v) is 11.0. The highest BCUT2D eigenvalue weighted by molar-refractivity contribution is 14.1. The minimum Gasteiger partial charge on any atom is -0.481 e. The van der Waals surface area contributed by atoms with Gasteiger partial charge in [0.25, 0.3) is 6.43 Å². The van der Waals surface area contributed by atoms with Gasteiger partial charge >= 0.3 is 12.3 Å². The molecule has 1 aromatic heterocycles. The van der Waals surface area contributed by atoms with Crippen LogP contribution in [0.15, 0.2) is 6.07 Å². The van der Waals surface area contributed by atoms with Crippen LogP contribution < -0.4 is 4.74 Å². The van der Waals surface area contributed by atoms with Crippen LogP contribution in [0.25, 0.3) is 0 Å². The lowest BCUT2D eigenvalue weighted by Crippen LogP contribution is -2.20. The number of hydrogen-bond donors (Lipinski definition) is 1. The van der Waals surface area contributed by atoms with Gasteiger partial charge in [-0.1, -0.05) is 0 Å². The first kappa shape index (κ1) is 15.9. The smallest absolute Gasteiger partial charge is 0.481 e. The number of ether oxygens (including phenoxy) is 1. The number of hydrogen-bond acceptors (Lipinski definition) is 3. The van der Waals surface area contributed by atoms with Crippen LogP contribution in [-0.2, 0) is 11.2 Å². The van der Waals surface area contributed by atoms with Gasteiger partial charge in [0.05, 0.1) is 17.7 Å². The molecular formula is C9H5F5INO3. The van der Waals surface area contributed by atoms with E-state index in [-0.39, 0.29) is 3.70 Å². The maximum Gasteiger partial charge on any atom is 0.573 e. The first-order valence-electron chi connectivity index (χ1n) is 4.55. The molecule has 0 saturated carbocycles. The predicted molar refractivity (Wildman–Crippen MR) is 59.9 cm³/mol. The molecule has 0 atom stereocenters. The summed E-state index contributed by atoms with van der Waals surface area (Å²) < 4.78 is 64.6. The lowest BCUT2D eigenvalue weighted by atomic mass is 10.2. The summed E-state index contributed by atoms with van der Waals surface area (Å²) in [6.45, 7) is 0. The highest BCUT2D eigenvalue weighted by atomic mass is 127. The normalized spacial score (nSPS) is 11.7. The van der Waals surface area contributed by atoms with Gasteiger partial charge in [0, 0.05) is 0 Å². The molecule has 106 valence electrons. The van der Waals surface area contributed by atoms with Crippen molar-refractivity contribution >= 4 is 28.6 Å². The summed E-state index contributed by atoms with van der Waals surface area (Å²) in [7, 11) is 0. The molecule has 4 nitrogen and oxygen atoms in total. The van der Waals surface area contributed by atoms with Gasteiger partial charge in [0.1, 0.15) is 3.70 Å². The Morgan fingerprint density at radius 1 is 1.47 bits per heavy atom. The van der Waals surface area contributed by atoms with Crippen molar-refractivity contribution in [2.45, 2.75) is 19.2 Å². The van der Waals surface area contributed by atoms with E-state index in [9.17, 15) is 26.7 Å². The van der Waals surface area contributed by atoms with Crippen molar-refractivity contribution < 1.29 is 36.6 Å². The Balaban J connectivity index is 3.28. The molecule has 0 spiro atoms. The maximum atomic E-state index is 12.5. The third-order valence-electron chi connectivity index (χ3n) is 1.82. The van der Waals surface area contributed by atoms with Gasteiger partial charge in [0.2, 0.25) is 0 Å². The van der Waals surface area contributed by atoms with Crippen LogP contribution in [0, 0.1) is 3.70 Å². The van der Waals surface area contributed by atoms with Crippen molar-refractivity contribution in [2.24, 2.45) is 0 Å². The van der Waals surface area contributed by atoms with E-state index in [1.165, 1.54) is 22.6 Å². The first-order chi connectivity index (χ1) is 8.60. The van der Waals surface area contributed by atoms with Crippen LogP contribution >= 0.6 is 22.6 Å². The molecule has 0 unspecified atom stereocenters. The monoisotopic (exact) mass is 397 g/mol. The molecule has 1 heterocycles. The van der Waals surface area contributed by atoms with Gasteiger partial charge in [-0.3, -0.25) is 4.79 Å². The van der Waals surface area contributed by atoms with Crippen LogP contribution in [0.4, 0.5) is 22.0 Å². The van der Waals surface area contributed by atoms with E-state index in [0.717, 1.165) is 0 Å². The van der Waals surface area contributed by atoms with Gasteiger partial charge in [0.15, 0.2) is 5.75 Å². The Bertz CT molecular complexity index is 491. The maximum absolute atomic E-state index is 12.5. The molecule has 1 rings (SSSR count). The number of carboxylic acids is 1. The fraction of sp³-hybridized carbons (Fsp3) is 0.333. The van der Waals surface area contributed by atoms with E-state index in [0.29, 0.717) is 6.07 Å². The molecule has 0 aliphatic rings. The zero-order chi connectivity index (χ0) is 14.8. The van der Waals surface area contributed by atoms with E-state index in [1.54, 1.807) is 0 Å².